The van der Waals surface area contributed by atoms with Crippen molar-refractivity contribution in [2.75, 3.05) is 7.11 Å². The van der Waals surface area contributed by atoms with Gasteiger partial charge in [-0.1, -0.05) is 42.1 Å². The van der Waals surface area contributed by atoms with Gasteiger partial charge in [0.2, 0.25) is 0 Å². The van der Waals surface area contributed by atoms with Gasteiger partial charge in [-0.25, -0.2) is 0 Å². The zero-order chi connectivity index (χ0) is 13.9. The average molecular weight is 302 g/mol. The lowest BCUT2D eigenvalue weighted by Gasteiger charge is -2.06. The summed E-state index contributed by atoms with van der Waals surface area (Å²) >= 11 is 3.38. The van der Waals surface area contributed by atoms with Gasteiger partial charge in [-0.3, -0.25) is 0 Å². The second-order valence-electron chi connectivity index (χ2n) is 4.30. The number of hydrogen-bond donors (Lipinski definition) is 1. The molecule has 3 aromatic rings. The van der Waals surface area contributed by atoms with Crippen LogP contribution in [-0.2, 0) is 6.61 Å². The molecule has 0 atom stereocenters. The number of aliphatic hydroxyl groups excluding tert-OH is 1. The first-order valence-corrected chi connectivity index (χ1v) is 7.94. The maximum absolute atomic E-state index is 9.41. The molecule has 1 aromatic heterocycles. The summed E-state index contributed by atoms with van der Waals surface area (Å²) in [5.41, 5.74) is 0.958. The zero-order valence-corrected chi connectivity index (χ0v) is 12.6. The van der Waals surface area contributed by atoms with Crippen molar-refractivity contribution in [2.24, 2.45) is 0 Å². The third-order valence-corrected chi connectivity index (χ3v) is 5.45. The van der Waals surface area contributed by atoms with Crippen LogP contribution in [0.1, 0.15) is 5.56 Å². The van der Waals surface area contributed by atoms with E-state index in [2.05, 4.69) is 11.4 Å². The van der Waals surface area contributed by atoms with Crippen molar-refractivity contribution in [1.29, 1.82) is 0 Å². The van der Waals surface area contributed by atoms with E-state index in [9.17, 15) is 5.11 Å². The van der Waals surface area contributed by atoms with Gasteiger partial charge in [-0.05, 0) is 17.7 Å². The normalized spacial score (nSPS) is 10.9. The minimum absolute atomic E-state index is 0.0641. The van der Waals surface area contributed by atoms with E-state index < -0.39 is 0 Å². The SMILES string of the molecule is COc1cccc2c(Sc3ccccc3CO)csc12. The van der Waals surface area contributed by atoms with Gasteiger partial charge < -0.3 is 9.84 Å². The summed E-state index contributed by atoms with van der Waals surface area (Å²) in [7, 11) is 1.70. The average Bonchev–Trinajstić information content (AvgIpc) is 2.91. The van der Waals surface area contributed by atoms with Crippen molar-refractivity contribution in [3.63, 3.8) is 0 Å². The molecule has 4 heteroatoms. The van der Waals surface area contributed by atoms with E-state index in [1.54, 1.807) is 30.2 Å². The van der Waals surface area contributed by atoms with Crippen LogP contribution in [0.2, 0.25) is 0 Å². The fourth-order valence-corrected chi connectivity index (χ4v) is 4.35. The number of methoxy groups -OCH3 is 1. The highest BCUT2D eigenvalue weighted by molar-refractivity contribution is 7.99. The van der Waals surface area contributed by atoms with Gasteiger partial charge >= 0.3 is 0 Å². The Morgan fingerprint density at radius 1 is 1.10 bits per heavy atom. The maximum Gasteiger partial charge on any atom is 0.136 e. The van der Waals surface area contributed by atoms with Crippen molar-refractivity contribution < 1.29 is 9.84 Å². The minimum atomic E-state index is 0.0641. The first-order chi connectivity index (χ1) is 9.83. The van der Waals surface area contributed by atoms with Crippen LogP contribution in [0, 0.1) is 0 Å². The summed E-state index contributed by atoms with van der Waals surface area (Å²) < 4.78 is 6.56. The second kappa shape index (κ2) is 5.87. The predicted molar refractivity (Wildman–Crippen MR) is 84.9 cm³/mol. The zero-order valence-electron chi connectivity index (χ0n) is 11.0. The van der Waals surface area contributed by atoms with E-state index in [4.69, 9.17) is 4.74 Å². The van der Waals surface area contributed by atoms with Crippen LogP contribution in [0.25, 0.3) is 10.1 Å². The molecule has 0 unspecified atom stereocenters. The third-order valence-electron chi connectivity index (χ3n) is 3.11. The van der Waals surface area contributed by atoms with Crippen molar-refractivity contribution >= 4 is 33.2 Å². The van der Waals surface area contributed by atoms with Crippen LogP contribution < -0.4 is 4.74 Å². The van der Waals surface area contributed by atoms with Crippen LogP contribution in [0.5, 0.6) is 5.75 Å². The molecule has 0 aliphatic heterocycles. The van der Waals surface area contributed by atoms with Crippen LogP contribution >= 0.6 is 23.1 Å². The molecule has 0 saturated carbocycles. The summed E-state index contributed by atoms with van der Waals surface area (Å²) in [4.78, 5) is 2.29. The highest BCUT2D eigenvalue weighted by atomic mass is 32.2. The molecule has 0 aliphatic rings. The third kappa shape index (κ3) is 2.42. The Bertz CT molecular complexity index is 734. The topological polar surface area (TPSA) is 29.5 Å². The number of rotatable bonds is 4. The van der Waals surface area contributed by atoms with Crippen LogP contribution in [0.3, 0.4) is 0 Å². The molecule has 0 aliphatic carbocycles. The highest BCUT2D eigenvalue weighted by Crippen LogP contribution is 2.41. The predicted octanol–water partition coefficient (Wildman–Crippen LogP) is 4.55. The quantitative estimate of drug-likeness (QED) is 0.766. The lowest BCUT2D eigenvalue weighted by atomic mass is 10.2. The summed E-state index contributed by atoms with van der Waals surface area (Å²) in [6.45, 7) is 0.0641. The molecule has 102 valence electrons. The van der Waals surface area contributed by atoms with E-state index >= 15 is 0 Å². The number of benzene rings is 2. The molecule has 0 saturated heterocycles. The molecule has 1 N–H and O–H groups in total. The van der Waals surface area contributed by atoms with Crippen molar-refractivity contribution in [3.8, 4) is 5.75 Å². The van der Waals surface area contributed by atoms with Gasteiger partial charge in [-0.15, -0.1) is 11.3 Å². The molecule has 20 heavy (non-hydrogen) atoms. The van der Waals surface area contributed by atoms with Gasteiger partial charge in [0.25, 0.3) is 0 Å². The molecule has 3 rings (SSSR count). The molecule has 0 spiro atoms. The Kier molecular flexibility index (Phi) is 3.96. The van der Waals surface area contributed by atoms with E-state index in [0.29, 0.717) is 0 Å². The molecule has 0 radical (unpaired) electrons. The Labute approximate surface area is 126 Å². The molecular formula is C16H14O2S2. The van der Waals surface area contributed by atoms with Gasteiger partial charge in [0, 0.05) is 20.6 Å². The Morgan fingerprint density at radius 2 is 1.95 bits per heavy atom. The fourth-order valence-electron chi connectivity index (χ4n) is 2.10. The summed E-state index contributed by atoms with van der Waals surface area (Å²) in [5.74, 6) is 0.912. The number of aliphatic hydroxyl groups is 1. The van der Waals surface area contributed by atoms with E-state index in [1.165, 1.54) is 15.0 Å². The number of fused-ring (bicyclic) bond motifs is 1. The lowest BCUT2D eigenvalue weighted by molar-refractivity contribution is 0.279. The highest BCUT2D eigenvalue weighted by Gasteiger charge is 2.11. The lowest BCUT2D eigenvalue weighted by Crippen LogP contribution is -1.86. The van der Waals surface area contributed by atoms with E-state index in [1.807, 2.05) is 36.4 Å². The molecule has 2 nitrogen and oxygen atoms in total. The molecule has 2 aromatic carbocycles. The number of hydrogen-bond acceptors (Lipinski definition) is 4. The molecule has 0 bridgehead atoms. The molecule has 0 amide bonds. The van der Waals surface area contributed by atoms with Crippen molar-refractivity contribution in [3.05, 3.63) is 53.4 Å². The summed E-state index contributed by atoms with van der Waals surface area (Å²) in [6.07, 6.45) is 0. The van der Waals surface area contributed by atoms with E-state index in [0.717, 1.165) is 16.2 Å². The Morgan fingerprint density at radius 3 is 2.75 bits per heavy atom. The van der Waals surface area contributed by atoms with Gasteiger partial charge in [-0.2, -0.15) is 0 Å². The maximum atomic E-state index is 9.41. The van der Waals surface area contributed by atoms with Crippen molar-refractivity contribution in [2.45, 2.75) is 16.4 Å². The van der Waals surface area contributed by atoms with Gasteiger partial charge in [0.05, 0.1) is 18.4 Å². The number of ether oxygens (including phenoxy) is 1. The summed E-state index contributed by atoms with van der Waals surface area (Å²) in [5, 5.41) is 12.8. The molecule has 1 heterocycles. The van der Waals surface area contributed by atoms with Crippen LogP contribution in [0.4, 0.5) is 0 Å². The fraction of sp³-hybridized carbons (Fsp3) is 0.125. The van der Waals surface area contributed by atoms with Crippen molar-refractivity contribution in [1.82, 2.24) is 0 Å². The Hall–Kier alpha value is -1.49. The standard InChI is InChI=1S/C16H14O2S2/c1-18-13-7-4-6-12-15(10-19-16(12)13)20-14-8-3-2-5-11(14)9-17/h2-8,10,17H,9H2,1H3. The summed E-state index contributed by atoms with van der Waals surface area (Å²) in [6, 6.07) is 14.0. The minimum Gasteiger partial charge on any atom is -0.495 e. The largest absolute Gasteiger partial charge is 0.495 e. The molecule has 0 fully saturated rings. The Balaban J connectivity index is 2.03. The molecular weight excluding hydrogens is 288 g/mol. The monoisotopic (exact) mass is 302 g/mol. The first-order valence-electron chi connectivity index (χ1n) is 6.24. The van der Waals surface area contributed by atoms with Gasteiger partial charge in [0.15, 0.2) is 0 Å². The van der Waals surface area contributed by atoms with E-state index in [-0.39, 0.29) is 6.61 Å². The van der Waals surface area contributed by atoms with Crippen LogP contribution in [-0.4, -0.2) is 12.2 Å². The van der Waals surface area contributed by atoms with Crippen LogP contribution in [0.15, 0.2) is 57.6 Å². The smallest absolute Gasteiger partial charge is 0.136 e. The number of thiophene rings is 1. The second-order valence-corrected chi connectivity index (χ2v) is 6.27. The van der Waals surface area contributed by atoms with Gasteiger partial charge in [0.1, 0.15) is 5.75 Å². The first kappa shape index (κ1) is 13.5.